The van der Waals surface area contributed by atoms with Crippen LogP contribution in [0.5, 0.6) is 0 Å². The van der Waals surface area contributed by atoms with Gasteiger partial charge in [0.2, 0.25) is 0 Å². The maximum absolute atomic E-state index is 13.1. The average Bonchev–Trinajstić information content (AvgIpc) is 0.955. The van der Waals surface area contributed by atoms with Gasteiger partial charge in [-0.1, -0.05) is 401 Å². The van der Waals surface area contributed by atoms with E-state index in [1.807, 2.05) is 0 Å². The lowest BCUT2D eigenvalue weighted by atomic mass is 10.0. The van der Waals surface area contributed by atoms with Crippen LogP contribution in [-0.4, -0.2) is 96.7 Å². The van der Waals surface area contributed by atoms with Crippen molar-refractivity contribution in [1.82, 2.24) is 0 Å². The van der Waals surface area contributed by atoms with Crippen molar-refractivity contribution >= 4 is 39.5 Å². The maximum Gasteiger partial charge on any atom is 0.472 e. The van der Waals surface area contributed by atoms with E-state index in [9.17, 15) is 43.2 Å². The normalized spacial score (nSPS) is 13.8. The van der Waals surface area contributed by atoms with E-state index in [0.717, 1.165) is 95.8 Å². The number of hydrogen-bond acceptors (Lipinski definition) is 15. The van der Waals surface area contributed by atoms with Crippen LogP contribution in [0.2, 0.25) is 0 Å². The Balaban J connectivity index is 5.25. The Morgan fingerprint density at radius 3 is 0.660 bits per heavy atom. The van der Waals surface area contributed by atoms with Crippen LogP contribution in [0.4, 0.5) is 0 Å². The molecule has 3 N–H and O–H groups in total. The summed E-state index contributed by atoms with van der Waals surface area (Å²) in [5, 5.41) is 10.7. The minimum absolute atomic E-state index is 0.109. The smallest absolute Gasteiger partial charge is 0.462 e. The highest BCUT2D eigenvalue weighted by molar-refractivity contribution is 7.47. The van der Waals surface area contributed by atoms with Gasteiger partial charge in [-0.3, -0.25) is 37.3 Å². The van der Waals surface area contributed by atoms with Crippen molar-refractivity contribution in [3.05, 3.63) is 0 Å². The van der Waals surface area contributed by atoms with Crippen molar-refractivity contribution in [2.75, 3.05) is 39.6 Å². The summed E-state index contributed by atoms with van der Waals surface area (Å²) in [5.74, 6) is -1.29. The number of hydrogen-bond donors (Lipinski definition) is 3. The zero-order valence-corrected chi connectivity index (χ0v) is 69.3. The van der Waals surface area contributed by atoms with Crippen molar-refractivity contribution in [2.24, 2.45) is 5.92 Å². The standard InChI is InChI=1S/C84H164O17P2/c1-6-9-12-15-18-21-24-27-29-30-35-38-43-48-53-58-63-68-82(87)95-74-80(101-84(89)70-65-60-55-50-45-40-36-32-31-34-37-41-46-51-56-61-66-77(4)5)76-99-103(92,93)97-72-78(85)71-96-102(90,91)98-75-79(73-94-81(86)67-62-57-52-47-42-26-23-20-17-14-11-8-3)100-83(88)69-64-59-54-49-44-39-33-28-25-22-19-16-13-10-7-2/h77-80,85H,6-76H2,1-5H3,(H,90,91)(H,92,93)/t78-,79+,80+/m0/s1. The number of esters is 4. The number of carbonyl (C=O) groups is 4. The highest BCUT2D eigenvalue weighted by Crippen LogP contribution is 2.45. The van der Waals surface area contributed by atoms with Crippen molar-refractivity contribution in [1.29, 1.82) is 0 Å². The van der Waals surface area contributed by atoms with Crippen molar-refractivity contribution in [3.8, 4) is 0 Å². The van der Waals surface area contributed by atoms with E-state index in [0.29, 0.717) is 25.7 Å². The molecule has 0 amide bonds. The van der Waals surface area contributed by atoms with Crippen LogP contribution in [0, 0.1) is 5.92 Å². The molecule has 0 heterocycles. The summed E-state index contributed by atoms with van der Waals surface area (Å²) in [7, 11) is -9.92. The molecule has 19 heteroatoms. The number of aliphatic hydroxyl groups excluding tert-OH is 1. The van der Waals surface area contributed by atoms with Crippen LogP contribution in [0.15, 0.2) is 0 Å². The van der Waals surface area contributed by atoms with Gasteiger partial charge in [0.05, 0.1) is 26.4 Å². The second kappa shape index (κ2) is 76.8. The first-order valence-corrected chi connectivity index (χ1v) is 46.6. The van der Waals surface area contributed by atoms with Crippen LogP contribution < -0.4 is 0 Å². The fourth-order valence-corrected chi connectivity index (χ4v) is 14.7. The molecule has 0 aliphatic heterocycles. The molecule has 0 aromatic carbocycles. The van der Waals surface area contributed by atoms with Gasteiger partial charge in [0.25, 0.3) is 0 Å². The molecule has 17 nitrogen and oxygen atoms in total. The second-order valence-electron chi connectivity index (χ2n) is 30.7. The molecule has 103 heavy (non-hydrogen) atoms. The molecule has 0 bridgehead atoms. The van der Waals surface area contributed by atoms with Crippen LogP contribution >= 0.6 is 15.6 Å². The Morgan fingerprint density at radius 2 is 0.447 bits per heavy atom. The zero-order valence-electron chi connectivity index (χ0n) is 67.5. The summed E-state index contributed by atoms with van der Waals surface area (Å²) in [6.07, 6.45) is 69.2. The summed E-state index contributed by atoms with van der Waals surface area (Å²) in [4.78, 5) is 73.2. The van der Waals surface area contributed by atoms with Crippen LogP contribution in [0.1, 0.15) is 452 Å². The largest absolute Gasteiger partial charge is 0.472 e. The first kappa shape index (κ1) is 101. The van der Waals surface area contributed by atoms with Crippen LogP contribution in [0.3, 0.4) is 0 Å². The van der Waals surface area contributed by atoms with Gasteiger partial charge in [-0.25, -0.2) is 9.13 Å². The Kier molecular flexibility index (Phi) is 75.4. The van der Waals surface area contributed by atoms with Gasteiger partial charge in [-0.2, -0.15) is 0 Å². The number of phosphoric acid groups is 2. The molecule has 5 atom stereocenters. The van der Waals surface area contributed by atoms with Gasteiger partial charge in [0.1, 0.15) is 19.3 Å². The molecular formula is C84H164O17P2. The predicted octanol–water partition coefficient (Wildman–Crippen LogP) is 25.6. The maximum atomic E-state index is 13.1. The molecule has 612 valence electrons. The van der Waals surface area contributed by atoms with E-state index in [1.54, 1.807) is 0 Å². The third-order valence-electron chi connectivity index (χ3n) is 19.8. The number of rotatable bonds is 84. The van der Waals surface area contributed by atoms with Crippen LogP contribution in [0.25, 0.3) is 0 Å². The lowest BCUT2D eigenvalue weighted by Gasteiger charge is -2.21. The van der Waals surface area contributed by atoms with Crippen LogP contribution in [-0.2, 0) is 65.4 Å². The first-order chi connectivity index (χ1) is 50.0. The molecule has 0 aliphatic carbocycles. The van der Waals surface area contributed by atoms with Gasteiger partial charge in [0, 0.05) is 25.7 Å². The highest BCUT2D eigenvalue weighted by atomic mass is 31.2. The van der Waals surface area contributed by atoms with E-state index >= 15 is 0 Å². The predicted molar refractivity (Wildman–Crippen MR) is 423 cm³/mol. The SMILES string of the molecule is CCCCCCCCCCCCCCCCCCCC(=O)OC[C@H](COP(=O)(O)OC[C@@H](O)COP(=O)(O)OC[C@@H](COC(=O)CCCCCCCCCCCCCC)OC(=O)CCCCCCCCCCCCCCCCC)OC(=O)CCCCCCCCCCCCCCCCCCC(C)C. The molecular weight excluding hydrogens is 1340 g/mol. The topological polar surface area (TPSA) is 237 Å². The van der Waals surface area contributed by atoms with E-state index in [-0.39, 0.29) is 25.7 Å². The Bertz CT molecular complexity index is 1960. The summed E-state index contributed by atoms with van der Waals surface area (Å²) >= 11 is 0. The zero-order chi connectivity index (χ0) is 75.5. The fourth-order valence-electron chi connectivity index (χ4n) is 13.1. The Hall–Kier alpha value is -1.94. The molecule has 0 aromatic rings. The van der Waals surface area contributed by atoms with Gasteiger partial charge in [0.15, 0.2) is 12.2 Å². The fraction of sp³-hybridized carbons (Fsp3) is 0.952. The van der Waals surface area contributed by atoms with E-state index < -0.39 is 97.5 Å². The number of ether oxygens (including phenoxy) is 4. The van der Waals surface area contributed by atoms with Gasteiger partial charge in [-0.15, -0.1) is 0 Å². The van der Waals surface area contributed by atoms with E-state index in [1.165, 1.54) is 276 Å². The van der Waals surface area contributed by atoms with Gasteiger partial charge in [-0.05, 0) is 31.6 Å². The molecule has 2 unspecified atom stereocenters. The minimum atomic E-state index is -4.96. The molecule has 0 radical (unpaired) electrons. The summed E-state index contributed by atoms with van der Waals surface area (Å²) < 4.78 is 68.9. The number of carbonyl (C=O) groups excluding carboxylic acids is 4. The summed E-state index contributed by atoms with van der Waals surface area (Å²) in [6.45, 7) is 7.39. The number of phosphoric ester groups is 2. The lowest BCUT2D eigenvalue weighted by Crippen LogP contribution is -2.30. The average molecular weight is 1510 g/mol. The quantitative estimate of drug-likeness (QED) is 0.0222. The Labute approximate surface area is 632 Å². The molecule has 0 aromatic heterocycles. The number of unbranched alkanes of at least 4 members (excludes halogenated alkanes) is 56. The molecule has 0 aliphatic rings. The summed E-state index contributed by atoms with van der Waals surface area (Å²) in [6, 6.07) is 0. The van der Waals surface area contributed by atoms with Crippen molar-refractivity contribution < 1.29 is 80.2 Å². The monoisotopic (exact) mass is 1510 g/mol. The molecule has 0 fully saturated rings. The van der Waals surface area contributed by atoms with E-state index in [4.69, 9.17) is 37.0 Å². The van der Waals surface area contributed by atoms with E-state index in [2.05, 4.69) is 34.6 Å². The third kappa shape index (κ3) is 78.0. The minimum Gasteiger partial charge on any atom is -0.462 e. The third-order valence-corrected chi connectivity index (χ3v) is 21.7. The second-order valence-corrected chi connectivity index (χ2v) is 33.6. The molecule has 0 rings (SSSR count). The molecule has 0 saturated carbocycles. The molecule has 0 spiro atoms. The first-order valence-electron chi connectivity index (χ1n) is 43.6. The lowest BCUT2D eigenvalue weighted by molar-refractivity contribution is -0.161. The van der Waals surface area contributed by atoms with Gasteiger partial charge >= 0.3 is 39.5 Å². The summed E-state index contributed by atoms with van der Waals surface area (Å²) in [5.41, 5.74) is 0. The van der Waals surface area contributed by atoms with Crippen molar-refractivity contribution in [3.63, 3.8) is 0 Å². The van der Waals surface area contributed by atoms with Crippen molar-refractivity contribution in [2.45, 2.75) is 470 Å². The van der Waals surface area contributed by atoms with Gasteiger partial charge < -0.3 is 33.8 Å². The number of aliphatic hydroxyl groups is 1. The Morgan fingerprint density at radius 1 is 0.262 bits per heavy atom. The molecule has 0 saturated heterocycles. The highest BCUT2D eigenvalue weighted by Gasteiger charge is 2.30.